The number of nitrogens with zero attached hydrogens (tertiary/aromatic N) is 2. The molecule has 21 heavy (non-hydrogen) atoms. The fourth-order valence-corrected chi connectivity index (χ4v) is 2.36. The van der Waals surface area contributed by atoms with E-state index in [4.69, 9.17) is 0 Å². The first-order valence-electron chi connectivity index (χ1n) is 7.12. The molecule has 4 heteroatoms. The molecule has 0 radical (unpaired) electrons. The topological polar surface area (TPSA) is 46.9 Å². The molecule has 1 aromatic heterocycles. The van der Waals surface area contributed by atoms with E-state index in [0.29, 0.717) is 5.56 Å². The number of carbonyl (C=O) groups excluding carboxylic acids is 1. The molecule has 0 aliphatic carbocycles. The van der Waals surface area contributed by atoms with Crippen molar-refractivity contribution in [3.63, 3.8) is 0 Å². The van der Waals surface area contributed by atoms with Gasteiger partial charge < -0.3 is 5.32 Å². The van der Waals surface area contributed by atoms with E-state index in [1.807, 2.05) is 39.1 Å². The molecule has 4 nitrogen and oxygen atoms in total. The number of anilines is 1. The van der Waals surface area contributed by atoms with Gasteiger partial charge in [-0.15, -0.1) is 0 Å². The minimum absolute atomic E-state index is 0.0564. The Morgan fingerprint density at radius 3 is 2.43 bits per heavy atom. The van der Waals surface area contributed by atoms with Crippen LogP contribution in [-0.2, 0) is 12.5 Å². The van der Waals surface area contributed by atoms with Gasteiger partial charge in [-0.2, -0.15) is 5.10 Å². The minimum Gasteiger partial charge on any atom is -0.322 e. The smallest absolute Gasteiger partial charge is 0.259 e. The predicted molar refractivity (Wildman–Crippen MR) is 85.8 cm³/mol. The normalized spacial score (nSPS) is 11.5. The van der Waals surface area contributed by atoms with Crippen LogP contribution < -0.4 is 5.32 Å². The van der Waals surface area contributed by atoms with E-state index in [1.165, 1.54) is 5.56 Å². The van der Waals surface area contributed by atoms with Crippen LogP contribution in [0.5, 0.6) is 0 Å². The summed E-state index contributed by atoms with van der Waals surface area (Å²) >= 11 is 0. The molecule has 0 saturated carbocycles. The van der Waals surface area contributed by atoms with Crippen molar-refractivity contribution >= 4 is 11.6 Å². The SMILES string of the molecule is Cc1nn(C)c(C)c1C(=O)Nc1cccc(C(C)(C)C)c1. The first-order valence-corrected chi connectivity index (χ1v) is 7.12. The van der Waals surface area contributed by atoms with Gasteiger partial charge in [0.1, 0.15) is 0 Å². The number of rotatable bonds is 2. The molecule has 112 valence electrons. The number of carbonyl (C=O) groups is 1. The summed E-state index contributed by atoms with van der Waals surface area (Å²) in [7, 11) is 1.85. The number of benzene rings is 1. The van der Waals surface area contributed by atoms with Gasteiger partial charge in [-0.25, -0.2) is 0 Å². The monoisotopic (exact) mass is 285 g/mol. The molecule has 1 heterocycles. The van der Waals surface area contributed by atoms with Gasteiger partial charge in [0.05, 0.1) is 11.3 Å². The van der Waals surface area contributed by atoms with Crippen LogP contribution in [0.4, 0.5) is 5.69 Å². The summed E-state index contributed by atoms with van der Waals surface area (Å²) in [5, 5.41) is 7.26. The number of aryl methyl sites for hydroxylation is 2. The highest BCUT2D eigenvalue weighted by molar-refractivity contribution is 6.05. The molecule has 2 rings (SSSR count). The second-order valence-corrected chi connectivity index (χ2v) is 6.45. The number of nitrogens with one attached hydrogen (secondary N) is 1. The van der Waals surface area contributed by atoms with Gasteiger partial charge in [0, 0.05) is 18.4 Å². The van der Waals surface area contributed by atoms with E-state index in [0.717, 1.165) is 17.1 Å². The zero-order chi connectivity index (χ0) is 15.8. The molecule has 1 amide bonds. The van der Waals surface area contributed by atoms with Crippen LogP contribution in [0.25, 0.3) is 0 Å². The van der Waals surface area contributed by atoms with Crippen molar-refractivity contribution in [3.8, 4) is 0 Å². The molecule has 1 aromatic carbocycles. The Kier molecular flexibility index (Phi) is 3.90. The second-order valence-electron chi connectivity index (χ2n) is 6.45. The van der Waals surface area contributed by atoms with Gasteiger partial charge in [0.15, 0.2) is 0 Å². The molecule has 0 spiro atoms. The van der Waals surface area contributed by atoms with E-state index in [1.54, 1.807) is 4.68 Å². The van der Waals surface area contributed by atoms with Crippen LogP contribution in [0, 0.1) is 13.8 Å². The van der Waals surface area contributed by atoms with Crippen LogP contribution in [0.1, 0.15) is 48.1 Å². The van der Waals surface area contributed by atoms with Crippen molar-refractivity contribution < 1.29 is 4.79 Å². The standard InChI is InChI=1S/C17H23N3O/c1-11-15(12(2)20(6)19-11)16(21)18-14-9-7-8-13(10-14)17(3,4)5/h7-10H,1-6H3,(H,18,21). The summed E-state index contributed by atoms with van der Waals surface area (Å²) in [6.45, 7) is 10.2. The molecule has 2 aromatic rings. The van der Waals surface area contributed by atoms with Gasteiger partial charge in [-0.1, -0.05) is 32.9 Å². The zero-order valence-corrected chi connectivity index (χ0v) is 13.6. The molecule has 0 bridgehead atoms. The van der Waals surface area contributed by atoms with E-state index in [2.05, 4.69) is 37.3 Å². The lowest BCUT2D eigenvalue weighted by atomic mass is 9.87. The number of amides is 1. The average molecular weight is 285 g/mol. The van der Waals surface area contributed by atoms with Crippen molar-refractivity contribution in [2.24, 2.45) is 7.05 Å². The van der Waals surface area contributed by atoms with Crippen LogP contribution in [0.3, 0.4) is 0 Å². The third kappa shape index (κ3) is 3.15. The fourth-order valence-electron chi connectivity index (χ4n) is 2.36. The Morgan fingerprint density at radius 1 is 1.24 bits per heavy atom. The van der Waals surface area contributed by atoms with Crippen molar-refractivity contribution in [2.75, 3.05) is 5.32 Å². The molecule has 0 saturated heterocycles. The third-order valence-corrected chi connectivity index (χ3v) is 3.72. The summed E-state index contributed by atoms with van der Waals surface area (Å²) in [4.78, 5) is 12.5. The van der Waals surface area contributed by atoms with E-state index < -0.39 is 0 Å². The van der Waals surface area contributed by atoms with E-state index >= 15 is 0 Å². The quantitative estimate of drug-likeness (QED) is 0.916. The first kappa shape index (κ1) is 15.3. The number of aromatic nitrogens is 2. The number of hydrogen-bond acceptors (Lipinski definition) is 2. The van der Waals surface area contributed by atoms with Crippen LogP contribution in [0.2, 0.25) is 0 Å². The predicted octanol–water partition coefficient (Wildman–Crippen LogP) is 3.59. The van der Waals surface area contributed by atoms with Gasteiger partial charge in [-0.05, 0) is 37.0 Å². The van der Waals surface area contributed by atoms with Crippen molar-refractivity contribution in [1.29, 1.82) is 0 Å². The second kappa shape index (κ2) is 5.35. The van der Waals surface area contributed by atoms with Gasteiger partial charge >= 0.3 is 0 Å². The Bertz CT molecular complexity index is 678. The van der Waals surface area contributed by atoms with Crippen LogP contribution >= 0.6 is 0 Å². The van der Waals surface area contributed by atoms with Crippen LogP contribution in [-0.4, -0.2) is 15.7 Å². The highest BCUT2D eigenvalue weighted by atomic mass is 16.1. The number of hydrogen-bond donors (Lipinski definition) is 1. The lowest BCUT2D eigenvalue weighted by Crippen LogP contribution is -2.16. The summed E-state index contributed by atoms with van der Waals surface area (Å²) in [5.74, 6) is -0.107. The molecule has 0 atom stereocenters. The van der Waals surface area contributed by atoms with E-state index in [9.17, 15) is 4.79 Å². The average Bonchev–Trinajstić information content (AvgIpc) is 2.62. The molecule has 0 aliphatic heterocycles. The Hall–Kier alpha value is -2.10. The van der Waals surface area contributed by atoms with Gasteiger partial charge in [0.2, 0.25) is 0 Å². The van der Waals surface area contributed by atoms with Crippen molar-refractivity contribution in [1.82, 2.24) is 9.78 Å². The van der Waals surface area contributed by atoms with E-state index in [-0.39, 0.29) is 11.3 Å². The molecule has 0 unspecified atom stereocenters. The first-order chi connectivity index (χ1) is 9.70. The maximum absolute atomic E-state index is 12.5. The van der Waals surface area contributed by atoms with Gasteiger partial charge in [0.25, 0.3) is 5.91 Å². The summed E-state index contributed by atoms with van der Waals surface area (Å²) in [5.41, 5.74) is 4.34. The molecule has 0 fully saturated rings. The van der Waals surface area contributed by atoms with Crippen molar-refractivity contribution in [3.05, 3.63) is 46.8 Å². The highest BCUT2D eigenvalue weighted by Gasteiger charge is 2.18. The maximum atomic E-state index is 12.5. The Balaban J connectivity index is 2.28. The minimum atomic E-state index is -0.107. The third-order valence-electron chi connectivity index (χ3n) is 3.72. The fraction of sp³-hybridized carbons (Fsp3) is 0.412. The maximum Gasteiger partial charge on any atom is 0.259 e. The lowest BCUT2D eigenvalue weighted by molar-refractivity contribution is 0.102. The summed E-state index contributed by atoms with van der Waals surface area (Å²) in [6, 6.07) is 7.99. The van der Waals surface area contributed by atoms with Crippen molar-refractivity contribution in [2.45, 2.75) is 40.0 Å². The Morgan fingerprint density at radius 2 is 1.90 bits per heavy atom. The van der Waals surface area contributed by atoms with Crippen LogP contribution in [0.15, 0.2) is 24.3 Å². The highest BCUT2D eigenvalue weighted by Crippen LogP contribution is 2.25. The molecular formula is C17H23N3O. The zero-order valence-electron chi connectivity index (χ0n) is 13.6. The summed E-state index contributed by atoms with van der Waals surface area (Å²) < 4.78 is 1.73. The summed E-state index contributed by atoms with van der Waals surface area (Å²) in [6.07, 6.45) is 0. The lowest BCUT2D eigenvalue weighted by Gasteiger charge is -2.19. The molecule has 0 aliphatic rings. The molecule has 1 N–H and O–H groups in total. The van der Waals surface area contributed by atoms with Gasteiger partial charge in [-0.3, -0.25) is 9.48 Å². The largest absolute Gasteiger partial charge is 0.322 e. The Labute approximate surface area is 126 Å². The molecular weight excluding hydrogens is 262 g/mol.